The zero-order valence-electron chi connectivity index (χ0n) is 35.1. The number of amides is 7. The molecular weight excluding hydrogens is 780 g/mol. The molecule has 0 aliphatic carbocycles. The van der Waals surface area contributed by atoms with Gasteiger partial charge >= 0.3 is 5.97 Å². The first-order valence-electron chi connectivity index (χ1n) is 20.3. The molecule has 330 valence electrons. The summed E-state index contributed by atoms with van der Waals surface area (Å²) in [7, 11) is 0. The van der Waals surface area contributed by atoms with Crippen LogP contribution in [0.15, 0.2) is 42.1 Å². The highest BCUT2D eigenvalue weighted by Crippen LogP contribution is 2.20. The fraction of sp³-hybridized carbons (Fsp3) is 0.585. The summed E-state index contributed by atoms with van der Waals surface area (Å²) in [5.74, 6) is -6.45. The van der Waals surface area contributed by atoms with Crippen molar-refractivity contribution in [2.24, 2.45) is 11.8 Å². The monoisotopic (exact) mass is 840 g/mol. The van der Waals surface area contributed by atoms with Crippen molar-refractivity contribution in [3.05, 3.63) is 47.7 Å². The Kier molecular flexibility index (Phi) is 18.7. The Labute approximate surface area is 349 Å². The third kappa shape index (κ3) is 14.5. The summed E-state index contributed by atoms with van der Waals surface area (Å²) in [6, 6.07) is 2.19. The lowest BCUT2D eigenvalue weighted by atomic mass is 9.98. The van der Waals surface area contributed by atoms with E-state index in [0.717, 1.165) is 5.56 Å². The van der Waals surface area contributed by atoms with Crippen LogP contribution in [0, 0.1) is 11.8 Å². The molecule has 0 bridgehead atoms. The molecule has 0 saturated carbocycles. The first-order valence-corrected chi connectivity index (χ1v) is 20.3. The Morgan fingerprint density at radius 3 is 2.13 bits per heavy atom. The van der Waals surface area contributed by atoms with Crippen molar-refractivity contribution in [1.29, 1.82) is 0 Å². The van der Waals surface area contributed by atoms with Crippen molar-refractivity contribution in [3.8, 4) is 0 Å². The number of carbonyl (C=O) groups is 9. The van der Waals surface area contributed by atoms with Crippen molar-refractivity contribution in [1.82, 2.24) is 41.7 Å². The highest BCUT2D eigenvalue weighted by molar-refractivity contribution is 5.99. The number of nitrogens with zero attached hydrogens (tertiary/aromatic N) is 2. The van der Waals surface area contributed by atoms with Crippen LogP contribution in [0.2, 0.25) is 0 Å². The number of benzene rings is 1. The summed E-state index contributed by atoms with van der Waals surface area (Å²) < 4.78 is 0. The standard InChI is InChI=1S/C41H60N8O11/c1-7-24(4)35(41(59)60)45-28-18-29(52)21-48(20-28)39(57)31(16-23(2)3)47-36(54)25(5)43-38(56)33-14-11-15-49(33)40(58)32(22-50)46-34(53)19-42-37(55)30(44-26(6)51)17-27-12-9-8-10-13-27/h8-10,12-13,18,23-25,30-33,35,45,50H,7,11,14-17,19-22H2,1-6H3,(H,42,55)(H,43,56)(H,44,51)(H,46,53)(H,47,54)(H,59,60)/t24-,25+,30+,31+,32+,33-,35+/m1/s1. The van der Waals surface area contributed by atoms with Crippen LogP contribution in [0.5, 0.6) is 0 Å². The van der Waals surface area contributed by atoms with E-state index < -0.39 is 103 Å². The maximum absolute atomic E-state index is 13.8. The maximum atomic E-state index is 13.8. The highest BCUT2D eigenvalue weighted by Gasteiger charge is 2.39. The number of aliphatic hydroxyl groups is 1. The predicted molar refractivity (Wildman–Crippen MR) is 217 cm³/mol. The minimum absolute atomic E-state index is 0.0749. The summed E-state index contributed by atoms with van der Waals surface area (Å²) >= 11 is 0. The molecule has 1 fully saturated rings. The first kappa shape index (κ1) is 48.5. The van der Waals surface area contributed by atoms with Gasteiger partial charge in [-0.05, 0) is 43.6 Å². The van der Waals surface area contributed by atoms with Gasteiger partial charge in [0, 0.05) is 31.7 Å². The fourth-order valence-corrected chi connectivity index (χ4v) is 6.98. The van der Waals surface area contributed by atoms with Gasteiger partial charge in [-0.3, -0.25) is 38.4 Å². The molecule has 7 amide bonds. The zero-order chi connectivity index (χ0) is 44.7. The van der Waals surface area contributed by atoms with E-state index in [1.807, 2.05) is 20.8 Å². The molecule has 19 nitrogen and oxygen atoms in total. The molecule has 3 rings (SSSR count). The van der Waals surface area contributed by atoms with Gasteiger partial charge in [0.15, 0.2) is 5.78 Å². The Hall–Kier alpha value is -5.85. The van der Waals surface area contributed by atoms with Gasteiger partial charge in [-0.15, -0.1) is 0 Å². The summed E-state index contributed by atoms with van der Waals surface area (Å²) in [4.78, 5) is 119. The Balaban J connectivity index is 1.60. The molecule has 7 atom stereocenters. The number of hydrogen-bond donors (Lipinski definition) is 8. The lowest BCUT2D eigenvalue weighted by Gasteiger charge is -2.33. The number of nitrogens with one attached hydrogen (secondary N) is 6. The lowest BCUT2D eigenvalue weighted by molar-refractivity contribution is -0.143. The first-order chi connectivity index (χ1) is 28.3. The van der Waals surface area contributed by atoms with Crippen molar-refractivity contribution < 1.29 is 53.4 Å². The minimum atomic E-state index is -1.46. The van der Waals surface area contributed by atoms with Crippen LogP contribution in [-0.2, 0) is 49.6 Å². The molecule has 2 heterocycles. The largest absolute Gasteiger partial charge is 0.480 e. The lowest BCUT2D eigenvalue weighted by Crippen LogP contribution is -2.59. The zero-order valence-corrected chi connectivity index (χ0v) is 35.1. The second-order valence-corrected chi connectivity index (χ2v) is 15.7. The van der Waals surface area contributed by atoms with E-state index in [2.05, 4.69) is 31.9 Å². The number of ketones is 1. The number of carboxylic acids is 1. The van der Waals surface area contributed by atoms with Gasteiger partial charge < -0.3 is 51.9 Å². The molecule has 2 aliphatic rings. The van der Waals surface area contributed by atoms with Crippen LogP contribution >= 0.6 is 0 Å². The fourth-order valence-electron chi connectivity index (χ4n) is 6.98. The maximum Gasteiger partial charge on any atom is 0.326 e. The van der Waals surface area contributed by atoms with Crippen LogP contribution in [0.1, 0.15) is 72.8 Å². The third-order valence-corrected chi connectivity index (χ3v) is 10.3. The van der Waals surface area contributed by atoms with Crippen LogP contribution < -0.4 is 31.9 Å². The van der Waals surface area contributed by atoms with Gasteiger partial charge in [0.1, 0.15) is 36.3 Å². The van der Waals surface area contributed by atoms with Crippen molar-refractivity contribution in [2.75, 3.05) is 32.8 Å². The number of carboxylic acid groups (broad SMARTS) is 1. The summed E-state index contributed by atoms with van der Waals surface area (Å²) in [6.07, 6.45) is 2.83. The van der Waals surface area contributed by atoms with Gasteiger partial charge in [0.05, 0.1) is 26.2 Å². The average Bonchev–Trinajstić information content (AvgIpc) is 3.70. The topological polar surface area (TPSA) is 273 Å². The van der Waals surface area contributed by atoms with Crippen LogP contribution in [0.25, 0.3) is 0 Å². The van der Waals surface area contributed by atoms with E-state index in [9.17, 15) is 53.4 Å². The second-order valence-electron chi connectivity index (χ2n) is 15.7. The Morgan fingerprint density at radius 2 is 1.53 bits per heavy atom. The van der Waals surface area contributed by atoms with Crippen LogP contribution in [0.4, 0.5) is 0 Å². The summed E-state index contributed by atoms with van der Waals surface area (Å²) in [5.41, 5.74) is 1.04. The molecule has 8 N–H and O–H groups in total. The number of carbonyl (C=O) groups excluding carboxylic acids is 8. The molecule has 0 unspecified atom stereocenters. The van der Waals surface area contributed by atoms with E-state index in [1.54, 1.807) is 37.3 Å². The third-order valence-electron chi connectivity index (χ3n) is 10.3. The van der Waals surface area contributed by atoms with Gasteiger partial charge in [-0.1, -0.05) is 64.4 Å². The van der Waals surface area contributed by atoms with Crippen LogP contribution in [-0.4, -0.2) is 142 Å². The molecule has 60 heavy (non-hydrogen) atoms. The number of aliphatic carboxylic acids is 1. The number of hydrogen-bond acceptors (Lipinski definition) is 11. The van der Waals surface area contributed by atoms with E-state index in [1.165, 1.54) is 29.7 Å². The average molecular weight is 841 g/mol. The SMILES string of the molecule is CC[C@@H](C)[C@H](NC1=CC(=O)CN(C(=O)[C@H](CC(C)C)NC(=O)[C@H](C)NC(=O)[C@H]2CCCN2C(=O)[C@H](CO)NC(=O)CNC(=O)[C@H](Cc2ccccc2)NC(C)=O)C1)C(=O)O. The quantitative estimate of drug-likeness (QED) is 0.0721. The summed E-state index contributed by atoms with van der Waals surface area (Å²) in [6.45, 7) is 8.33. The molecule has 2 aliphatic heterocycles. The molecule has 0 radical (unpaired) electrons. The van der Waals surface area contributed by atoms with E-state index in [4.69, 9.17) is 0 Å². The molecule has 0 spiro atoms. The molecule has 1 aromatic rings. The summed E-state index contributed by atoms with van der Waals surface area (Å²) in [5, 5.41) is 35.3. The van der Waals surface area contributed by atoms with Gasteiger partial charge in [-0.25, -0.2) is 4.79 Å². The number of aliphatic hydroxyl groups excluding tert-OH is 1. The molecule has 1 aromatic carbocycles. The number of likely N-dealkylation sites (tertiary alicyclic amines) is 1. The number of rotatable bonds is 21. The second kappa shape index (κ2) is 23.1. The van der Waals surface area contributed by atoms with Gasteiger partial charge in [0.25, 0.3) is 0 Å². The molecule has 0 aromatic heterocycles. The predicted octanol–water partition coefficient (Wildman–Crippen LogP) is -1.26. The smallest absolute Gasteiger partial charge is 0.326 e. The molecule has 1 saturated heterocycles. The molecular formula is C41H60N8O11. The Morgan fingerprint density at radius 1 is 0.850 bits per heavy atom. The Bertz CT molecular complexity index is 1770. The molecule has 19 heteroatoms. The van der Waals surface area contributed by atoms with E-state index in [-0.39, 0.29) is 56.4 Å². The van der Waals surface area contributed by atoms with Crippen molar-refractivity contribution >= 4 is 53.1 Å². The van der Waals surface area contributed by atoms with E-state index in [0.29, 0.717) is 12.8 Å². The minimum Gasteiger partial charge on any atom is -0.480 e. The van der Waals surface area contributed by atoms with Crippen molar-refractivity contribution in [2.45, 2.75) is 110 Å². The highest BCUT2D eigenvalue weighted by atomic mass is 16.4. The van der Waals surface area contributed by atoms with E-state index >= 15 is 0 Å². The van der Waals surface area contributed by atoms with Crippen molar-refractivity contribution in [3.63, 3.8) is 0 Å². The normalized spacial score (nSPS) is 18.2. The van der Waals surface area contributed by atoms with Gasteiger partial charge in [-0.2, -0.15) is 0 Å². The van der Waals surface area contributed by atoms with Gasteiger partial charge in [0.2, 0.25) is 41.4 Å². The van der Waals surface area contributed by atoms with Crippen LogP contribution in [0.3, 0.4) is 0 Å².